The van der Waals surface area contributed by atoms with E-state index in [0.29, 0.717) is 13.1 Å². The van der Waals surface area contributed by atoms with Gasteiger partial charge in [0, 0.05) is 19.1 Å². The summed E-state index contributed by atoms with van der Waals surface area (Å²) < 4.78 is 5.13. The van der Waals surface area contributed by atoms with E-state index in [1.165, 1.54) is 5.06 Å². The highest BCUT2D eigenvalue weighted by Crippen LogP contribution is 2.10. The minimum atomic E-state index is -0.475. The largest absolute Gasteiger partial charge is 0.444 e. The number of hydrogen-bond donors (Lipinski definition) is 2. The third-order valence-electron chi connectivity index (χ3n) is 2.12. The second-order valence-electron chi connectivity index (χ2n) is 4.90. The molecule has 1 rings (SSSR count). The van der Waals surface area contributed by atoms with E-state index < -0.39 is 11.7 Å². The van der Waals surface area contributed by atoms with Crippen LogP contribution in [0.5, 0.6) is 0 Å². The number of hydrogen-bond acceptors (Lipinski definition) is 4. The van der Waals surface area contributed by atoms with E-state index in [-0.39, 0.29) is 6.04 Å². The molecular formula is C10H20N2O3. The van der Waals surface area contributed by atoms with Crippen LogP contribution in [-0.2, 0) is 4.74 Å². The van der Waals surface area contributed by atoms with Crippen LogP contribution in [0.15, 0.2) is 0 Å². The van der Waals surface area contributed by atoms with E-state index in [0.717, 1.165) is 12.8 Å². The molecule has 5 heteroatoms. The normalized spacial score (nSPS) is 23.6. The Kier molecular flexibility index (Phi) is 3.93. The lowest BCUT2D eigenvalue weighted by Gasteiger charge is -2.29. The van der Waals surface area contributed by atoms with Crippen molar-refractivity contribution in [2.75, 3.05) is 13.1 Å². The fraction of sp³-hybridized carbons (Fsp3) is 0.900. The molecule has 0 bridgehead atoms. The standard InChI is InChI=1S/C10H20N2O3/c1-10(2,3)15-9(13)11-8-5-4-6-12(14)7-8/h8,14H,4-7H2,1-3H3,(H,11,13)/t8-/m1/s1. The third kappa shape index (κ3) is 4.99. The van der Waals surface area contributed by atoms with Gasteiger partial charge in [-0.25, -0.2) is 4.79 Å². The molecule has 0 saturated carbocycles. The van der Waals surface area contributed by atoms with Crippen LogP contribution in [0.2, 0.25) is 0 Å². The molecule has 5 nitrogen and oxygen atoms in total. The predicted octanol–water partition coefficient (Wildman–Crippen LogP) is 1.36. The molecule has 0 aromatic carbocycles. The van der Waals surface area contributed by atoms with Crippen LogP contribution in [0, 0.1) is 0 Å². The van der Waals surface area contributed by atoms with Crippen LogP contribution in [0.4, 0.5) is 4.79 Å². The first-order chi connectivity index (χ1) is 6.87. The maximum atomic E-state index is 11.4. The van der Waals surface area contributed by atoms with Gasteiger partial charge >= 0.3 is 6.09 Å². The summed E-state index contributed by atoms with van der Waals surface area (Å²) in [6.07, 6.45) is 1.36. The Balaban J connectivity index is 2.31. The lowest BCUT2D eigenvalue weighted by atomic mass is 10.1. The van der Waals surface area contributed by atoms with Crippen LogP contribution < -0.4 is 5.32 Å². The number of nitrogens with zero attached hydrogens (tertiary/aromatic N) is 1. The number of nitrogens with one attached hydrogen (secondary N) is 1. The van der Waals surface area contributed by atoms with E-state index in [1.54, 1.807) is 0 Å². The molecule has 0 spiro atoms. The lowest BCUT2D eigenvalue weighted by Crippen LogP contribution is -2.47. The molecule has 1 atom stereocenters. The van der Waals surface area contributed by atoms with Gasteiger partial charge in [-0.1, -0.05) is 0 Å². The van der Waals surface area contributed by atoms with Gasteiger partial charge in [0.1, 0.15) is 5.60 Å². The fourth-order valence-corrected chi connectivity index (χ4v) is 1.55. The summed E-state index contributed by atoms with van der Waals surface area (Å²) in [5.41, 5.74) is -0.475. The first-order valence-electron chi connectivity index (χ1n) is 5.30. The van der Waals surface area contributed by atoms with Crippen LogP contribution in [0.3, 0.4) is 0 Å². The topological polar surface area (TPSA) is 61.8 Å². The molecule has 1 amide bonds. The number of amides is 1. The average molecular weight is 216 g/mol. The zero-order chi connectivity index (χ0) is 11.5. The number of hydroxylamine groups is 2. The van der Waals surface area contributed by atoms with Crippen molar-refractivity contribution in [1.82, 2.24) is 10.4 Å². The monoisotopic (exact) mass is 216 g/mol. The minimum absolute atomic E-state index is 0.0152. The van der Waals surface area contributed by atoms with Crippen LogP contribution in [-0.4, -0.2) is 41.1 Å². The highest BCUT2D eigenvalue weighted by atomic mass is 16.6. The third-order valence-corrected chi connectivity index (χ3v) is 2.12. The summed E-state index contributed by atoms with van der Waals surface area (Å²) in [7, 11) is 0. The molecule has 1 saturated heterocycles. The maximum absolute atomic E-state index is 11.4. The van der Waals surface area contributed by atoms with Gasteiger partial charge in [-0.2, -0.15) is 5.06 Å². The summed E-state index contributed by atoms with van der Waals surface area (Å²) in [6, 6.07) is -0.0152. The molecule has 15 heavy (non-hydrogen) atoms. The first kappa shape index (κ1) is 12.3. The summed E-state index contributed by atoms with van der Waals surface area (Å²) in [6.45, 7) is 6.62. The van der Waals surface area contributed by atoms with Crippen molar-refractivity contribution in [1.29, 1.82) is 0 Å². The summed E-state index contributed by atoms with van der Waals surface area (Å²) >= 11 is 0. The molecule has 0 aliphatic carbocycles. The minimum Gasteiger partial charge on any atom is -0.444 e. The van der Waals surface area contributed by atoms with Crippen molar-refractivity contribution in [2.45, 2.75) is 45.3 Å². The smallest absolute Gasteiger partial charge is 0.407 e. The van der Waals surface area contributed by atoms with E-state index in [4.69, 9.17) is 4.74 Å². The van der Waals surface area contributed by atoms with Crippen molar-refractivity contribution < 1.29 is 14.7 Å². The molecule has 88 valence electrons. The van der Waals surface area contributed by atoms with Gasteiger partial charge in [0.15, 0.2) is 0 Å². The first-order valence-corrected chi connectivity index (χ1v) is 5.30. The van der Waals surface area contributed by atoms with E-state index >= 15 is 0 Å². The SMILES string of the molecule is CC(C)(C)OC(=O)N[C@@H]1CCCN(O)C1. The Morgan fingerprint density at radius 3 is 2.73 bits per heavy atom. The summed E-state index contributed by atoms with van der Waals surface area (Å²) in [5, 5.41) is 13.2. The van der Waals surface area contributed by atoms with Gasteiger partial charge in [0.05, 0.1) is 0 Å². The van der Waals surface area contributed by atoms with Gasteiger partial charge in [0.25, 0.3) is 0 Å². The van der Waals surface area contributed by atoms with E-state index in [1.807, 2.05) is 20.8 Å². The number of rotatable bonds is 1. The second kappa shape index (κ2) is 4.81. The Hall–Kier alpha value is -0.810. The maximum Gasteiger partial charge on any atom is 0.407 e. The molecule has 0 aromatic heterocycles. The van der Waals surface area contributed by atoms with Crippen LogP contribution in [0.1, 0.15) is 33.6 Å². The Morgan fingerprint density at radius 2 is 2.20 bits per heavy atom. The second-order valence-corrected chi connectivity index (χ2v) is 4.90. The lowest BCUT2D eigenvalue weighted by molar-refractivity contribution is -0.110. The molecule has 1 heterocycles. The quantitative estimate of drug-likeness (QED) is 0.695. The number of carbonyl (C=O) groups is 1. The molecule has 1 fully saturated rings. The van der Waals surface area contributed by atoms with Crippen LogP contribution >= 0.6 is 0 Å². The molecule has 0 radical (unpaired) electrons. The molecule has 0 unspecified atom stereocenters. The van der Waals surface area contributed by atoms with Crippen molar-refractivity contribution in [2.24, 2.45) is 0 Å². The zero-order valence-electron chi connectivity index (χ0n) is 9.62. The Bertz CT molecular complexity index is 225. The summed E-state index contributed by atoms with van der Waals surface area (Å²) in [4.78, 5) is 11.4. The summed E-state index contributed by atoms with van der Waals surface area (Å²) in [5.74, 6) is 0. The van der Waals surface area contributed by atoms with Gasteiger partial charge in [0.2, 0.25) is 0 Å². The van der Waals surface area contributed by atoms with Gasteiger partial charge in [-0.3, -0.25) is 0 Å². The van der Waals surface area contributed by atoms with Gasteiger partial charge in [-0.05, 0) is 33.6 Å². The molecule has 1 aliphatic heterocycles. The van der Waals surface area contributed by atoms with E-state index in [9.17, 15) is 10.0 Å². The molecule has 1 aliphatic rings. The number of carbonyl (C=O) groups excluding carboxylic acids is 1. The van der Waals surface area contributed by atoms with Crippen LogP contribution in [0.25, 0.3) is 0 Å². The Morgan fingerprint density at radius 1 is 1.53 bits per heavy atom. The molecular weight excluding hydrogens is 196 g/mol. The average Bonchev–Trinajstić information content (AvgIpc) is 1.99. The highest BCUT2D eigenvalue weighted by Gasteiger charge is 2.23. The van der Waals surface area contributed by atoms with Gasteiger partial charge < -0.3 is 15.3 Å². The van der Waals surface area contributed by atoms with E-state index in [2.05, 4.69) is 5.32 Å². The fourth-order valence-electron chi connectivity index (χ4n) is 1.55. The van der Waals surface area contributed by atoms with Gasteiger partial charge in [-0.15, -0.1) is 0 Å². The predicted molar refractivity (Wildman–Crippen MR) is 55.8 cm³/mol. The Labute approximate surface area is 90.4 Å². The molecule has 0 aromatic rings. The molecule has 2 N–H and O–H groups in total. The zero-order valence-corrected chi connectivity index (χ0v) is 9.62. The van der Waals surface area contributed by atoms with Crippen molar-refractivity contribution in [3.8, 4) is 0 Å². The van der Waals surface area contributed by atoms with Crippen molar-refractivity contribution in [3.05, 3.63) is 0 Å². The number of alkyl carbamates (subject to hydrolysis) is 1. The number of piperidine rings is 1. The highest BCUT2D eigenvalue weighted by molar-refractivity contribution is 5.68. The number of ether oxygens (including phenoxy) is 1. The van der Waals surface area contributed by atoms with Crippen molar-refractivity contribution in [3.63, 3.8) is 0 Å². The van der Waals surface area contributed by atoms with Crippen molar-refractivity contribution >= 4 is 6.09 Å².